The first-order valence-electron chi connectivity index (χ1n) is 8.27. The summed E-state index contributed by atoms with van der Waals surface area (Å²) >= 11 is 0. The topological polar surface area (TPSA) is 55.8 Å². The van der Waals surface area contributed by atoms with Crippen molar-refractivity contribution in [2.24, 2.45) is 5.92 Å². The summed E-state index contributed by atoms with van der Waals surface area (Å²) in [7, 11) is 0. The van der Waals surface area contributed by atoms with Gasteiger partial charge in [-0.25, -0.2) is 0 Å². The summed E-state index contributed by atoms with van der Waals surface area (Å²) in [6.45, 7) is 6.80. The first-order chi connectivity index (χ1) is 11.1. The summed E-state index contributed by atoms with van der Waals surface area (Å²) in [6, 6.07) is 7.43. The van der Waals surface area contributed by atoms with Crippen molar-refractivity contribution < 1.29 is 19.1 Å². The molecule has 23 heavy (non-hydrogen) atoms. The Balaban J connectivity index is 2.09. The van der Waals surface area contributed by atoms with Crippen LogP contribution in [0.3, 0.4) is 0 Å². The maximum Gasteiger partial charge on any atom is 0.310 e. The Bertz CT molecular complexity index is 554. The van der Waals surface area contributed by atoms with Gasteiger partial charge < -0.3 is 14.4 Å². The molecule has 1 aromatic rings. The van der Waals surface area contributed by atoms with Crippen LogP contribution >= 0.6 is 0 Å². The molecule has 0 aliphatic heterocycles. The summed E-state index contributed by atoms with van der Waals surface area (Å²) in [6.07, 6.45) is 1.98. The van der Waals surface area contributed by atoms with E-state index in [1.165, 1.54) is 0 Å². The van der Waals surface area contributed by atoms with Crippen LogP contribution in [-0.2, 0) is 9.53 Å². The Morgan fingerprint density at radius 1 is 1.26 bits per heavy atom. The molecule has 1 amide bonds. The summed E-state index contributed by atoms with van der Waals surface area (Å²) in [5.74, 6) is 0.0568. The van der Waals surface area contributed by atoms with Gasteiger partial charge in [-0.05, 0) is 44.9 Å². The van der Waals surface area contributed by atoms with Crippen LogP contribution in [0.15, 0.2) is 24.3 Å². The van der Waals surface area contributed by atoms with Crippen LogP contribution < -0.4 is 4.74 Å². The largest absolute Gasteiger partial charge is 0.494 e. The fourth-order valence-electron chi connectivity index (χ4n) is 2.49. The third-order valence-corrected chi connectivity index (χ3v) is 3.80. The molecular weight excluding hydrogens is 294 g/mol. The lowest BCUT2D eigenvalue weighted by molar-refractivity contribution is -0.147. The van der Waals surface area contributed by atoms with Gasteiger partial charge in [0.2, 0.25) is 0 Å². The van der Waals surface area contributed by atoms with E-state index in [1.54, 1.807) is 30.9 Å². The van der Waals surface area contributed by atoms with Crippen molar-refractivity contribution in [3.8, 4) is 5.75 Å². The van der Waals surface area contributed by atoms with Gasteiger partial charge in [0, 0.05) is 18.2 Å². The average molecular weight is 319 g/mol. The molecular formula is C18H25NO4. The van der Waals surface area contributed by atoms with E-state index in [-0.39, 0.29) is 23.8 Å². The van der Waals surface area contributed by atoms with Gasteiger partial charge in [-0.3, -0.25) is 9.59 Å². The van der Waals surface area contributed by atoms with E-state index in [9.17, 15) is 9.59 Å². The van der Waals surface area contributed by atoms with Gasteiger partial charge in [-0.2, -0.15) is 0 Å². The molecule has 1 atom stereocenters. The van der Waals surface area contributed by atoms with Crippen molar-refractivity contribution in [3.63, 3.8) is 0 Å². The van der Waals surface area contributed by atoms with Gasteiger partial charge in [-0.1, -0.05) is 13.0 Å². The van der Waals surface area contributed by atoms with E-state index in [4.69, 9.17) is 9.47 Å². The van der Waals surface area contributed by atoms with E-state index in [0.717, 1.165) is 12.8 Å². The van der Waals surface area contributed by atoms with Crippen LogP contribution in [0.25, 0.3) is 0 Å². The number of esters is 1. The molecule has 0 saturated heterocycles. The third-order valence-electron chi connectivity index (χ3n) is 3.80. The second kappa shape index (κ2) is 7.99. The third kappa shape index (κ3) is 4.71. The number of benzene rings is 1. The minimum atomic E-state index is -0.324. The van der Waals surface area contributed by atoms with E-state index >= 15 is 0 Å². The summed E-state index contributed by atoms with van der Waals surface area (Å²) in [4.78, 5) is 26.5. The molecule has 2 rings (SSSR count). The molecule has 0 heterocycles. The fourth-order valence-corrected chi connectivity index (χ4v) is 2.49. The van der Waals surface area contributed by atoms with Crippen molar-refractivity contribution >= 4 is 11.9 Å². The number of hydrogen-bond donors (Lipinski definition) is 0. The zero-order valence-electron chi connectivity index (χ0n) is 14.1. The zero-order valence-corrected chi connectivity index (χ0v) is 14.1. The van der Waals surface area contributed by atoms with Crippen LogP contribution in [0.2, 0.25) is 0 Å². The molecule has 5 heteroatoms. The highest BCUT2D eigenvalue weighted by Gasteiger charge is 2.35. The monoisotopic (exact) mass is 319 g/mol. The molecule has 0 bridgehead atoms. The minimum Gasteiger partial charge on any atom is -0.494 e. The second-order valence-corrected chi connectivity index (χ2v) is 5.80. The molecule has 126 valence electrons. The number of amides is 1. The number of carbonyl (C=O) groups excluding carboxylic acids is 2. The summed E-state index contributed by atoms with van der Waals surface area (Å²) in [5, 5.41) is 0. The van der Waals surface area contributed by atoms with Gasteiger partial charge in [0.25, 0.3) is 5.91 Å². The molecule has 0 aromatic heterocycles. The molecule has 1 aromatic carbocycles. The maximum atomic E-state index is 12.8. The van der Waals surface area contributed by atoms with Crippen molar-refractivity contribution in [1.29, 1.82) is 0 Å². The van der Waals surface area contributed by atoms with E-state index < -0.39 is 0 Å². The number of ether oxygens (including phenoxy) is 2. The highest BCUT2D eigenvalue weighted by Crippen LogP contribution is 2.29. The Kier molecular flexibility index (Phi) is 6.02. The van der Waals surface area contributed by atoms with Gasteiger partial charge in [0.1, 0.15) is 5.75 Å². The number of nitrogens with zero attached hydrogens (tertiary/aromatic N) is 1. The van der Waals surface area contributed by atoms with Crippen molar-refractivity contribution in [2.75, 3.05) is 19.8 Å². The molecule has 1 fully saturated rings. The lowest BCUT2D eigenvalue weighted by Crippen LogP contribution is -2.39. The van der Waals surface area contributed by atoms with Gasteiger partial charge >= 0.3 is 5.97 Å². The highest BCUT2D eigenvalue weighted by molar-refractivity contribution is 5.95. The summed E-state index contributed by atoms with van der Waals surface area (Å²) in [5.41, 5.74) is 0.596. The molecule has 1 unspecified atom stereocenters. The predicted octanol–water partition coefficient (Wildman–Crippen LogP) is 2.89. The van der Waals surface area contributed by atoms with E-state index in [0.29, 0.717) is 31.1 Å². The summed E-state index contributed by atoms with van der Waals surface area (Å²) < 4.78 is 10.5. The number of carbonyl (C=O) groups is 2. The SMILES string of the molecule is CCOC(=O)C(C)CN(C(=O)c1cccc(OCC)c1)C1CC1. The Morgan fingerprint density at radius 2 is 2.00 bits per heavy atom. The predicted molar refractivity (Wildman–Crippen MR) is 87.5 cm³/mol. The molecule has 0 N–H and O–H groups in total. The molecule has 1 aliphatic carbocycles. The Labute approximate surface area is 137 Å². The average Bonchev–Trinajstić information content (AvgIpc) is 3.37. The molecule has 1 aliphatic rings. The Morgan fingerprint density at radius 3 is 2.61 bits per heavy atom. The molecule has 5 nitrogen and oxygen atoms in total. The quantitative estimate of drug-likeness (QED) is 0.691. The number of hydrogen-bond acceptors (Lipinski definition) is 4. The highest BCUT2D eigenvalue weighted by atomic mass is 16.5. The lowest BCUT2D eigenvalue weighted by atomic mass is 10.1. The van der Waals surface area contributed by atoms with Gasteiger partial charge in [-0.15, -0.1) is 0 Å². The van der Waals surface area contributed by atoms with Crippen molar-refractivity contribution in [1.82, 2.24) is 4.90 Å². The number of rotatable bonds is 8. The van der Waals surface area contributed by atoms with Gasteiger partial charge in [0.05, 0.1) is 19.1 Å². The Hall–Kier alpha value is -2.04. The first-order valence-corrected chi connectivity index (χ1v) is 8.27. The smallest absolute Gasteiger partial charge is 0.310 e. The van der Waals surface area contributed by atoms with Crippen LogP contribution in [0, 0.1) is 5.92 Å². The van der Waals surface area contributed by atoms with Crippen LogP contribution in [0.5, 0.6) is 5.75 Å². The fraction of sp³-hybridized carbons (Fsp3) is 0.556. The van der Waals surface area contributed by atoms with Crippen LogP contribution in [0.1, 0.15) is 44.0 Å². The minimum absolute atomic E-state index is 0.0507. The molecule has 0 spiro atoms. The maximum absolute atomic E-state index is 12.8. The zero-order chi connectivity index (χ0) is 16.8. The van der Waals surface area contributed by atoms with Crippen LogP contribution in [-0.4, -0.2) is 42.6 Å². The molecule has 1 saturated carbocycles. The first kappa shape index (κ1) is 17.3. The van der Waals surface area contributed by atoms with Crippen molar-refractivity contribution in [3.05, 3.63) is 29.8 Å². The van der Waals surface area contributed by atoms with E-state index in [1.807, 2.05) is 19.1 Å². The van der Waals surface area contributed by atoms with Crippen LogP contribution in [0.4, 0.5) is 0 Å². The molecule has 0 radical (unpaired) electrons. The second-order valence-electron chi connectivity index (χ2n) is 5.80. The lowest BCUT2D eigenvalue weighted by Gasteiger charge is -2.25. The van der Waals surface area contributed by atoms with E-state index in [2.05, 4.69) is 0 Å². The van der Waals surface area contributed by atoms with Crippen molar-refractivity contribution in [2.45, 2.75) is 39.7 Å². The van der Waals surface area contributed by atoms with Gasteiger partial charge in [0.15, 0.2) is 0 Å². The normalized spacial score (nSPS) is 14.9. The standard InChI is InChI=1S/C18H25NO4/c1-4-22-16-8-6-7-14(11-16)17(20)19(15-9-10-15)12-13(3)18(21)23-5-2/h6-8,11,13,15H,4-5,9-10,12H2,1-3H3.